The number of ether oxygens (including phenoxy) is 1. The molecule has 1 aliphatic carbocycles. The molecule has 21 heavy (non-hydrogen) atoms. The Morgan fingerprint density at radius 3 is 2.67 bits per heavy atom. The van der Waals surface area contributed by atoms with Crippen LogP contribution in [0.15, 0.2) is 36.4 Å². The normalized spacial score (nSPS) is 13.1. The van der Waals surface area contributed by atoms with Crippen molar-refractivity contribution in [1.82, 2.24) is 0 Å². The number of aryl methyl sites for hydroxylation is 2. The standard InChI is InChI=1S/C16H16BFO3/c18-15-7-6-14(17(19)20)9-16(15)21-10-11-4-5-12-2-1-3-13(12)8-11/h4-9,19-20H,1-3,10H2. The van der Waals surface area contributed by atoms with Gasteiger partial charge in [-0.05, 0) is 53.5 Å². The van der Waals surface area contributed by atoms with Crippen molar-refractivity contribution >= 4 is 12.6 Å². The van der Waals surface area contributed by atoms with Crippen molar-refractivity contribution in [2.24, 2.45) is 0 Å². The lowest BCUT2D eigenvalue weighted by Gasteiger charge is -2.10. The summed E-state index contributed by atoms with van der Waals surface area (Å²) >= 11 is 0. The third-order valence-corrected chi connectivity index (χ3v) is 3.81. The summed E-state index contributed by atoms with van der Waals surface area (Å²) in [6.07, 6.45) is 3.40. The Morgan fingerprint density at radius 1 is 1.05 bits per heavy atom. The lowest BCUT2D eigenvalue weighted by Crippen LogP contribution is -2.29. The molecule has 2 N–H and O–H groups in total. The summed E-state index contributed by atoms with van der Waals surface area (Å²) < 4.78 is 19.1. The summed E-state index contributed by atoms with van der Waals surface area (Å²) in [5.74, 6) is -0.485. The zero-order chi connectivity index (χ0) is 14.8. The van der Waals surface area contributed by atoms with E-state index in [1.165, 1.54) is 35.7 Å². The number of fused-ring (bicyclic) bond motifs is 1. The van der Waals surface area contributed by atoms with E-state index in [4.69, 9.17) is 14.8 Å². The molecule has 0 aromatic heterocycles. The van der Waals surface area contributed by atoms with Gasteiger partial charge in [0.05, 0.1) is 0 Å². The second kappa shape index (κ2) is 5.88. The van der Waals surface area contributed by atoms with E-state index in [9.17, 15) is 4.39 Å². The molecular formula is C16H16BFO3. The second-order valence-corrected chi connectivity index (χ2v) is 5.31. The largest absolute Gasteiger partial charge is 0.488 e. The zero-order valence-corrected chi connectivity index (χ0v) is 11.6. The number of halogens is 1. The molecule has 5 heteroatoms. The van der Waals surface area contributed by atoms with Crippen LogP contribution in [0.25, 0.3) is 0 Å². The van der Waals surface area contributed by atoms with Crippen LogP contribution in [-0.2, 0) is 19.4 Å². The molecule has 108 valence electrons. The van der Waals surface area contributed by atoms with Crippen LogP contribution in [-0.4, -0.2) is 17.2 Å². The summed E-state index contributed by atoms with van der Waals surface area (Å²) in [6.45, 7) is 0.259. The Bertz CT molecular complexity index is 658. The summed E-state index contributed by atoms with van der Waals surface area (Å²) in [5, 5.41) is 18.2. The first kappa shape index (κ1) is 14.1. The topological polar surface area (TPSA) is 49.7 Å². The Kier molecular flexibility index (Phi) is 3.95. The van der Waals surface area contributed by atoms with Crippen molar-refractivity contribution in [2.75, 3.05) is 0 Å². The lowest BCUT2D eigenvalue weighted by atomic mass is 9.80. The van der Waals surface area contributed by atoms with E-state index in [-0.39, 0.29) is 17.8 Å². The van der Waals surface area contributed by atoms with E-state index in [2.05, 4.69) is 12.1 Å². The summed E-state index contributed by atoms with van der Waals surface area (Å²) in [4.78, 5) is 0. The van der Waals surface area contributed by atoms with Crippen molar-refractivity contribution < 1.29 is 19.2 Å². The van der Waals surface area contributed by atoms with Crippen LogP contribution >= 0.6 is 0 Å². The van der Waals surface area contributed by atoms with Crippen LogP contribution in [0.4, 0.5) is 4.39 Å². The number of hydrogen-bond acceptors (Lipinski definition) is 3. The molecule has 0 heterocycles. The van der Waals surface area contributed by atoms with E-state index in [1.807, 2.05) is 6.07 Å². The Labute approximate surface area is 123 Å². The summed E-state index contributed by atoms with van der Waals surface area (Å²) in [5.41, 5.74) is 3.93. The van der Waals surface area contributed by atoms with E-state index in [1.54, 1.807) is 0 Å². The molecule has 0 spiro atoms. The Morgan fingerprint density at radius 2 is 1.86 bits per heavy atom. The monoisotopic (exact) mass is 286 g/mol. The first-order valence-electron chi connectivity index (χ1n) is 7.02. The quantitative estimate of drug-likeness (QED) is 0.839. The van der Waals surface area contributed by atoms with Crippen LogP contribution in [0.2, 0.25) is 0 Å². The average molecular weight is 286 g/mol. The molecule has 1 aliphatic rings. The van der Waals surface area contributed by atoms with Crippen molar-refractivity contribution in [3.63, 3.8) is 0 Å². The van der Waals surface area contributed by atoms with E-state index >= 15 is 0 Å². The predicted molar refractivity (Wildman–Crippen MR) is 79.0 cm³/mol. The summed E-state index contributed by atoms with van der Waals surface area (Å²) in [6, 6.07) is 10.0. The van der Waals surface area contributed by atoms with E-state index < -0.39 is 12.9 Å². The third kappa shape index (κ3) is 3.09. The minimum atomic E-state index is -1.63. The highest BCUT2D eigenvalue weighted by molar-refractivity contribution is 6.58. The molecule has 0 saturated carbocycles. The molecule has 0 fully saturated rings. The van der Waals surface area contributed by atoms with Crippen LogP contribution in [0.3, 0.4) is 0 Å². The van der Waals surface area contributed by atoms with Gasteiger partial charge in [0.1, 0.15) is 6.61 Å². The maximum Gasteiger partial charge on any atom is 0.488 e. The first-order valence-corrected chi connectivity index (χ1v) is 7.02. The minimum absolute atomic E-state index is 0.0288. The highest BCUT2D eigenvalue weighted by Crippen LogP contribution is 2.24. The molecule has 0 radical (unpaired) electrons. The van der Waals surface area contributed by atoms with Crippen molar-refractivity contribution in [3.05, 3.63) is 58.9 Å². The maximum atomic E-state index is 13.7. The third-order valence-electron chi connectivity index (χ3n) is 3.81. The zero-order valence-electron chi connectivity index (χ0n) is 11.6. The highest BCUT2D eigenvalue weighted by atomic mass is 19.1. The highest BCUT2D eigenvalue weighted by Gasteiger charge is 2.15. The van der Waals surface area contributed by atoms with Crippen LogP contribution < -0.4 is 10.2 Å². The fourth-order valence-corrected chi connectivity index (χ4v) is 2.67. The molecular weight excluding hydrogens is 270 g/mol. The molecule has 3 nitrogen and oxygen atoms in total. The fourth-order valence-electron chi connectivity index (χ4n) is 2.67. The van der Waals surface area contributed by atoms with Gasteiger partial charge in [0.2, 0.25) is 0 Å². The predicted octanol–water partition coefficient (Wildman–Crippen LogP) is 1.57. The van der Waals surface area contributed by atoms with E-state index in [0.29, 0.717) is 0 Å². The van der Waals surface area contributed by atoms with Gasteiger partial charge in [-0.3, -0.25) is 0 Å². The fraction of sp³-hybridized carbons (Fsp3) is 0.250. The number of hydrogen-bond donors (Lipinski definition) is 2. The van der Waals surface area contributed by atoms with Crippen LogP contribution in [0.5, 0.6) is 5.75 Å². The van der Waals surface area contributed by atoms with Gasteiger partial charge in [-0.15, -0.1) is 0 Å². The van der Waals surface area contributed by atoms with Gasteiger partial charge in [-0.25, -0.2) is 4.39 Å². The summed E-state index contributed by atoms with van der Waals surface area (Å²) in [7, 11) is -1.63. The van der Waals surface area contributed by atoms with Gasteiger partial charge in [-0.2, -0.15) is 0 Å². The van der Waals surface area contributed by atoms with Crippen molar-refractivity contribution in [3.8, 4) is 5.75 Å². The van der Waals surface area contributed by atoms with Gasteiger partial charge in [0, 0.05) is 0 Å². The Hall–Kier alpha value is -1.85. The lowest BCUT2D eigenvalue weighted by molar-refractivity contribution is 0.290. The minimum Gasteiger partial charge on any atom is -0.486 e. The van der Waals surface area contributed by atoms with Crippen LogP contribution in [0.1, 0.15) is 23.1 Å². The average Bonchev–Trinajstić information content (AvgIpc) is 2.93. The van der Waals surface area contributed by atoms with Gasteiger partial charge >= 0.3 is 7.12 Å². The molecule has 0 saturated heterocycles. The van der Waals surface area contributed by atoms with Gasteiger partial charge in [0.25, 0.3) is 0 Å². The van der Waals surface area contributed by atoms with Gasteiger partial charge in [0.15, 0.2) is 11.6 Å². The Balaban J connectivity index is 1.74. The number of rotatable bonds is 4. The van der Waals surface area contributed by atoms with Crippen molar-refractivity contribution in [2.45, 2.75) is 25.9 Å². The molecule has 0 unspecified atom stereocenters. The smallest absolute Gasteiger partial charge is 0.486 e. The van der Waals surface area contributed by atoms with Gasteiger partial charge < -0.3 is 14.8 Å². The second-order valence-electron chi connectivity index (χ2n) is 5.31. The van der Waals surface area contributed by atoms with Crippen LogP contribution in [0, 0.1) is 5.82 Å². The van der Waals surface area contributed by atoms with E-state index in [0.717, 1.165) is 18.4 Å². The maximum absolute atomic E-state index is 13.7. The van der Waals surface area contributed by atoms with Gasteiger partial charge in [-0.1, -0.05) is 24.3 Å². The molecule has 2 aromatic rings. The number of benzene rings is 2. The molecule has 0 bridgehead atoms. The van der Waals surface area contributed by atoms with Crippen molar-refractivity contribution in [1.29, 1.82) is 0 Å². The molecule has 0 amide bonds. The first-order chi connectivity index (χ1) is 10.1. The molecule has 0 aliphatic heterocycles. The molecule has 0 atom stereocenters. The molecule has 3 rings (SSSR count). The SMILES string of the molecule is OB(O)c1ccc(F)c(OCc2ccc3c(c2)CCC3)c1. The molecule has 2 aromatic carbocycles.